The summed E-state index contributed by atoms with van der Waals surface area (Å²) in [5.74, 6) is -0.238. The van der Waals surface area contributed by atoms with E-state index in [0.29, 0.717) is 11.3 Å². The Labute approximate surface area is 105 Å². The van der Waals surface area contributed by atoms with Crippen LogP contribution in [0.3, 0.4) is 0 Å². The molecule has 0 aliphatic rings. The molecule has 0 fully saturated rings. The summed E-state index contributed by atoms with van der Waals surface area (Å²) in [7, 11) is 0. The van der Waals surface area contributed by atoms with E-state index in [-0.39, 0.29) is 11.5 Å². The fourth-order valence-corrected chi connectivity index (χ4v) is 1.57. The molecular formula is C15H13NO2. The van der Waals surface area contributed by atoms with Gasteiger partial charge in [0.1, 0.15) is 5.75 Å². The van der Waals surface area contributed by atoms with Crippen LogP contribution < -0.4 is 0 Å². The van der Waals surface area contributed by atoms with Crippen LogP contribution in [0.2, 0.25) is 0 Å². The molecule has 0 radical (unpaired) electrons. The predicted octanol–water partition coefficient (Wildman–Crippen LogP) is 2.99. The zero-order valence-corrected chi connectivity index (χ0v) is 10.00. The highest BCUT2D eigenvalue weighted by atomic mass is 16.3. The molecule has 3 nitrogen and oxygen atoms in total. The van der Waals surface area contributed by atoms with Gasteiger partial charge in [0.25, 0.3) is 0 Å². The molecule has 1 aromatic carbocycles. The highest BCUT2D eigenvalue weighted by molar-refractivity contribution is 6.08. The lowest BCUT2D eigenvalue weighted by Crippen LogP contribution is -1.95. The number of pyridine rings is 1. The zero-order chi connectivity index (χ0) is 13.0. The maximum atomic E-state index is 11.9. The number of allylic oxidation sites excluding steroid dienone is 1. The minimum atomic E-state index is -0.234. The second kappa shape index (κ2) is 5.27. The van der Waals surface area contributed by atoms with Crippen LogP contribution in [0.15, 0.2) is 48.7 Å². The first-order chi connectivity index (χ1) is 8.66. The Hall–Kier alpha value is -2.42. The molecule has 18 heavy (non-hydrogen) atoms. The van der Waals surface area contributed by atoms with E-state index < -0.39 is 0 Å². The van der Waals surface area contributed by atoms with Gasteiger partial charge in [0.05, 0.1) is 11.3 Å². The lowest BCUT2D eigenvalue weighted by molar-refractivity contribution is 0.104. The average molecular weight is 239 g/mol. The van der Waals surface area contributed by atoms with Gasteiger partial charge in [0.15, 0.2) is 5.78 Å². The van der Waals surface area contributed by atoms with Crippen molar-refractivity contribution in [1.82, 2.24) is 4.98 Å². The second-order valence-corrected chi connectivity index (χ2v) is 3.97. The maximum absolute atomic E-state index is 11.9. The Morgan fingerprint density at radius 1 is 1.28 bits per heavy atom. The minimum Gasteiger partial charge on any atom is -0.507 e. The normalized spacial score (nSPS) is 10.7. The highest BCUT2D eigenvalue weighted by Crippen LogP contribution is 2.19. The van der Waals surface area contributed by atoms with Crippen LogP contribution in [-0.2, 0) is 0 Å². The Balaban J connectivity index is 2.22. The Morgan fingerprint density at radius 2 is 2.11 bits per heavy atom. The Kier molecular flexibility index (Phi) is 3.53. The number of aryl methyl sites for hydroxylation is 1. The third kappa shape index (κ3) is 2.83. The minimum absolute atomic E-state index is 0.00345. The van der Waals surface area contributed by atoms with Crippen molar-refractivity contribution in [3.63, 3.8) is 0 Å². The summed E-state index contributed by atoms with van der Waals surface area (Å²) in [6.45, 7) is 1.87. The number of phenols is 1. The summed E-state index contributed by atoms with van der Waals surface area (Å²) in [4.78, 5) is 16.0. The predicted molar refractivity (Wildman–Crippen MR) is 70.4 cm³/mol. The molecule has 0 aliphatic carbocycles. The molecule has 0 amide bonds. The molecule has 3 heteroatoms. The quantitative estimate of drug-likeness (QED) is 0.661. The molecule has 0 atom stereocenters. The fraction of sp³-hybridized carbons (Fsp3) is 0.0667. The first-order valence-corrected chi connectivity index (χ1v) is 5.60. The van der Waals surface area contributed by atoms with Gasteiger partial charge in [0.2, 0.25) is 0 Å². The largest absolute Gasteiger partial charge is 0.507 e. The van der Waals surface area contributed by atoms with E-state index in [0.717, 1.165) is 5.56 Å². The first-order valence-electron chi connectivity index (χ1n) is 5.60. The van der Waals surface area contributed by atoms with Gasteiger partial charge in [-0.2, -0.15) is 0 Å². The molecule has 0 unspecified atom stereocenters. The van der Waals surface area contributed by atoms with Gasteiger partial charge in [-0.15, -0.1) is 0 Å². The summed E-state index contributed by atoms with van der Waals surface area (Å²) < 4.78 is 0. The summed E-state index contributed by atoms with van der Waals surface area (Å²) in [6.07, 6.45) is 4.70. The summed E-state index contributed by atoms with van der Waals surface area (Å²) in [5, 5.41) is 9.63. The average Bonchev–Trinajstić information content (AvgIpc) is 2.40. The highest BCUT2D eigenvalue weighted by Gasteiger charge is 2.07. The van der Waals surface area contributed by atoms with Gasteiger partial charge in [-0.3, -0.25) is 9.78 Å². The second-order valence-electron chi connectivity index (χ2n) is 3.97. The van der Waals surface area contributed by atoms with Gasteiger partial charge < -0.3 is 5.11 Å². The number of aromatic hydroxyl groups is 1. The third-order valence-electron chi connectivity index (χ3n) is 2.51. The first kappa shape index (κ1) is 12.0. The van der Waals surface area contributed by atoms with E-state index in [2.05, 4.69) is 4.98 Å². The van der Waals surface area contributed by atoms with Crippen molar-refractivity contribution < 1.29 is 9.90 Å². The topological polar surface area (TPSA) is 50.2 Å². The number of aromatic nitrogens is 1. The number of benzene rings is 1. The van der Waals surface area contributed by atoms with E-state index >= 15 is 0 Å². The summed E-state index contributed by atoms with van der Waals surface area (Å²) in [6, 6.07) is 10.4. The van der Waals surface area contributed by atoms with E-state index in [1.165, 1.54) is 12.1 Å². The summed E-state index contributed by atoms with van der Waals surface area (Å²) >= 11 is 0. The van der Waals surface area contributed by atoms with Gasteiger partial charge >= 0.3 is 0 Å². The number of rotatable bonds is 3. The number of hydrogen-bond donors (Lipinski definition) is 1. The van der Waals surface area contributed by atoms with Crippen LogP contribution in [0.5, 0.6) is 5.75 Å². The molecule has 1 N–H and O–H groups in total. The SMILES string of the molecule is Cc1ccc(O)c(C(=O)/C=C/c2ccccn2)c1. The molecule has 1 heterocycles. The molecule has 0 saturated heterocycles. The molecule has 2 aromatic rings. The molecule has 90 valence electrons. The Bertz CT molecular complexity index is 589. The van der Waals surface area contributed by atoms with Crippen molar-refractivity contribution >= 4 is 11.9 Å². The van der Waals surface area contributed by atoms with E-state index in [9.17, 15) is 9.90 Å². The van der Waals surface area contributed by atoms with Gasteiger partial charge in [-0.1, -0.05) is 17.7 Å². The lowest BCUT2D eigenvalue weighted by atomic mass is 10.1. The van der Waals surface area contributed by atoms with Crippen LogP contribution in [0.1, 0.15) is 21.6 Å². The van der Waals surface area contributed by atoms with E-state index in [1.54, 1.807) is 30.5 Å². The van der Waals surface area contributed by atoms with Crippen LogP contribution in [0.25, 0.3) is 6.08 Å². The van der Waals surface area contributed by atoms with Crippen molar-refractivity contribution in [3.05, 3.63) is 65.5 Å². The monoisotopic (exact) mass is 239 g/mol. The van der Waals surface area contributed by atoms with Crippen LogP contribution in [-0.4, -0.2) is 15.9 Å². The molecule has 0 bridgehead atoms. The van der Waals surface area contributed by atoms with Crippen LogP contribution >= 0.6 is 0 Å². The molecule has 0 aliphatic heterocycles. The number of hydrogen-bond acceptors (Lipinski definition) is 3. The standard InChI is InChI=1S/C15H13NO2/c1-11-5-7-14(17)13(10-11)15(18)8-6-12-4-2-3-9-16-12/h2-10,17H,1H3/b8-6+. The van der Waals surface area contributed by atoms with Crippen molar-refractivity contribution in [2.75, 3.05) is 0 Å². The number of phenolic OH excluding ortho intramolecular Hbond substituents is 1. The summed E-state index contributed by atoms with van der Waals surface area (Å²) in [5.41, 5.74) is 1.95. The molecular weight excluding hydrogens is 226 g/mol. The van der Waals surface area contributed by atoms with E-state index in [4.69, 9.17) is 0 Å². The number of carbonyl (C=O) groups is 1. The zero-order valence-electron chi connectivity index (χ0n) is 10.00. The molecule has 2 rings (SSSR count). The van der Waals surface area contributed by atoms with Gasteiger partial charge in [-0.25, -0.2) is 0 Å². The number of ketones is 1. The third-order valence-corrected chi connectivity index (χ3v) is 2.51. The van der Waals surface area contributed by atoms with Crippen molar-refractivity contribution in [1.29, 1.82) is 0 Å². The maximum Gasteiger partial charge on any atom is 0.189 e. The molecule has 0 saturated carbocycles. The van der Waals surface area contributed by atoms with Crippen molar-refractivity contribution in [3.8, 4) is 5.75 Å². The lowest BCUT2D eigenvalue weighted by Gasteiger charge is -2.01. The number of nitrogens with zero attached hydrogens (tertiary/aromatic N) is 1. The van der Waals surface area contributed by atoms with E-state index in [1.807, 2.05) is 19.1 Å². The smallest absolute Gasteiger partial charge is 0.189 e. The van der Waals surface area contributed by atoms with Gasteiger partial charge in [-0.05, 0) is 43.3 Å². The fourth-order valence-electron chi connectivity index (χ4n) is 1.57. The van der Waals surface area contributed by atoms with Crippen molar-refractivity contribution in [2.45, 2.75) is 6.92 Å². The Morgan fingerprint density at radius 3 is 2.83 bits per heavy atom. The van der Waals surface area contributed by atoms with Crippen LogP contribution in [0.4, 0.5) is 0 Å². The van der Waals surface area contributed by atoms with Gasteiger partial charge in [0, 0.05) is 6.20 Å². The number of carbonyl (C=O) groups excluding carboxylic acids is 1. The van der Waals surface area contributed by atoms with Crippen molar-refractivity contribution in [2.24, 2.45) is 0 Å². The molecule has 1 aromatic heterocycles. The molecule has 0 spiro atoms. The van der Waals surface area contributed by atoms with Crippen LogP contribution in [0, 0.1) is 6.92 Å².